The molecule has 2 heteroatoms. The molecule has 0 radical (unpaired) electrons. The molecule has 0 amide bonds. The van der Waals surface area contributed by atoms with Crippen LogP contribution in [0.25, 0.3) is 0 Å². The van der Waals surface area contributed by atoms with E-state index in [1.165, 1.54) is 16.7 Å². The zero-order chi connectivity index (χ0) is 16.0. The minimum atomic E-state index is -2.29. The molecule has 116 valence electrons. The molecule has 0 unspecified atom stereocenters. The fraction of sp³-hybridized carbons (Fsp3) is 0.143. The van der Waals surface area contributed by atoms with Gasteiger partial charge in [-0.15, -0.1) is 0 Å². The van der Waals surface area contributed by atoms with E-state index >= 15 is 0 Å². The summed E-state index contributed by atoms with van der Waals surface area (Å²) in [5, 5.41) is 3.24. The van der Waals surface area contributed by atoms with Gasteiger partial charge in [0.2, 0.25) is 0 Å². The van der Waals surface area contributed by atoms with Crippen LogP contribution in [0.5, 0.6) is 0 Å². The predicted octanol–water partition coefficient (Wildman–Crippen LogP) is 5.48. The molecule has 23 heavy (non-hydrogen) atoms. The third-order valence-corrected chi connectivity index (χ3v) is 11.9. The Morgan fingerprint density at radius 2 is 0.739 bits per heavy atom. The Balaban J connectivity index is 1.87. The second-order valence-electron chi connectivity index (χ2n) is 5.99. The Morgan fingerprint density at radius 1 is 0.478 bits per heavy atom. The summed E-state index contributed by atoms with van der Waals surface area (Å²) in [5.41, 5.74) is 4.17. The van der Waals surface area contributed by atoms with Gasteiger partial charge in [-0.05, 0) is 0 Å². The maximum atomic E-state index is 6.32. The van der Waals surface area contributed by atoms with Gasteiger partial charge in [0.1, 0.15) is 0 Å². The third kappa shape index (κ3) is 4.96. The SMILES string of the molecule is S=[As](Cc1ccccc1)(Cc1ccccc1)Cc1ccccc1. The maximum absolute atomic E-state index is 6.32. The van der Waals surface area contributed by atoms with Gasteiger partial charge in [-0.2, -0.15) is 0 Å². The van der Waals surface area contributed by atoms with Crippen molar-refractivity contribution in [2.75, 3.05) is 0 Å². The molecule has 0 heterocycles. The van der Waals surface area contributed by atoms with Gasteiger partial charge >= 0.3 is 146 Å². The fourth-order valence-electron chi connectivity index (χ4n) is 2.92. The fourth-order valence-corrected chi connectivity index (χ4v) is 11.5. The van der Waals surface area contributed by atoms with Crippen molar-refractivity contribution < 1.29 is 0 Å². The van der Waals surface area contributed by atoms with Gasteiger partial charge < -0.3 is 0 Å². The van der Waals surface area contributed by atoms with E-state index in [1.54, 1.807) is 0 Å². The Bertz CT molecular complexity index is 659. The average Bonchev–Trinajstić information content (AvgIpc) is 2.57. The first-order valence-corrected chi connectivity index (χ1v) is 14.6. The van der Waals surface area contributed by atoms with Crippen LogP contribution < -0.4 is 0 Å². The van der Waals surface area contributed by atoms with Gasteiger partial charge in [0.15, 0.2) is 0 Å². The Kier molecular flexibility index (Phi) is 5.54. The zero-order valence-corrected chi connectivity index (χ0v) is 15.8. The molecule has 3 aromatic rings. The monoisotopic (exact) mass is 380 g/mol. The van der Waals surface area contributed by atoms with Gasteiger partial charge in [0.05, 0.1) is 0 Å². The molecule has 3 aromatic carbocycles. The molecule has 0 saturated carbocycles. The molecule has 0 aliphatic rings. The van der Waals surface area contributed by atoms with Crippen molar-refractivity contribution in [3.63, 3.8) is 0 Å². The van der Waals surface area contributed by atoms with Crippen LogP contribution in [0.1, 0.15) is 16.7 Å². The normalized spacial score (nSPS) is 11.3. The molecular weight excluding hydrogens is 359 g/mol. The molecule has 0 atom stereocenters. The molecule has 0 aromatic heterocycles. The second kappa shape index (κ2) is 7.81. The molecule has 0 fully saturated rings. The van der Waals surface area contributed by atoms with Crippen LogP contribution in [0.4, 0.5) is 0 Å². The third-order valence-electron chi connectivity index (χ3n) is 3.94. The number of hydrogen-bond acceptors (Lipinski definition) is 1. The van der Waals surface area contributed by atoms with E-state index in [1.807, 2.05) is 0 Å². The first kappa shape index (κ1) is 16.3. The predicted molar refractivity (Wildman–Crippen MR) is 104 cm³/mol. The Morgan fingerprint density at radius 3 is 1.00 bits per heavy atom. The summed E-state index contributed by atoms with van der Waals surface area (Å²) >= 11 is -2.29. The second-order valence-corrected chi connectivity index (χ2v) is 16.4. The Labute approximate surface area is 145 Å². The van der Waals surface area contributed by atoms with Crippen molar-refractivity contribution >= 4 is 22.3 Å². The molecule has 0 spiro atoms. The van der Waals surface area contributed by atoms with Crippen LogP contribution >= 0.6 is 10.4 Å². The van der Waals surface area contributed by atoms with Crippen molar-refractivity contribution in [3.05, 3.63) is 108 Å². The molecule has 0 N–H and O–H groups in total. The zero-order valence-electron chi connectivity index (χ0n) is 13.1. The van der Waals surface area contributed by atoms with Crippen LogP contribution in [0.2, 0.25) is 0 Å². The minimum absolute atomic E-state index is 1.08. The molecule has 3 rings (SSSR count). The van der Waals surface area contributed by atoms with Gasteiger partial charge in [0.25, 0.3) is 0 Å². The van der Waals surface area contributed by atoms with Crippen LogP contribution in [-0.2, 0) is 15.6 Å². The summed E-state index contributed by atoms with van der Waals surface area (Å²) in [7, 11) is 6.32. The Hall–Kier alpha value is -1.56. The number of hydrogen-bond donors (Lipinski definition) is 0. The van der Waals surface area contributed by atoms with Crippen LogP contribution in [0.15, 0.2) is 91.0 Å². The number of benzene rings is 3. The van der Waals surface area contributed by atoms with E-state index in [0.29, 0.717) is 0 Å². The molecule has 0 saturated heterocycles. The summed E-state index contributed by atoms with van der Waals surface area (Å²) in [5.74, 6) is 0. The van der Waals surface area contributed by atoms with E-state index in [2.05, 4.69) is 91.0 Å². The summed E-state index contributed by atoms with van der Waals surface area (Å²) in [6, 6.07) is 32.3. The van der Waals surface area contributed by atoms with Crippen LogP contribution in [0, 0.1) is 0 Å². The van der Waals surface area contributed by atoms with Gasteiger partial charge in [-0.3, -0.25) is 0 Å². The summed E-state index contributed by atoms with van der Waals surface area (Å²) in [4.78, 5) is 0. The molecule has 0 aliphatic carbocycles. The quantitative estimate of drug-likeness (QED) is 0.511. The molecular formula is C21H21AsS. The summed E-state index contributed by atoms with van der Waals surface area (Å²) in [6.07, 6.45) is 0. The van der Waals surface area contributed by atoms with Crippen molar-refractivity contribution in [2.24, 2.45) is 0 Å². The summed E-state index contributed by atoms with van der Waals surface area (Å²) < 4.78 is 0. The average molecular weight is 380 g/mol. The number of rotatable bonds is 6. The standard InChI is InChI=1S/C21H21AsS/c23-22(16-19-10-4-1-5-11-19,17-20-12-6-2-7-13-20)18-21-14-8-3-9-15-21/h1-15H,16-18H2. The topological polar surface area (TPSA) is 0 Å². The van der Waals surface area contributed by atoms with Gasteiger partial charge in [-0.25, -0.2) is 0 Å². The van der Waals surface area contributed by atoms with Crippen LogP contribution in [0.3, 0.4) is 0 Å². The van der Waals surface area contributed by atoms with E-state index < -0.39 is 11.9 Å². The van der Waals surface area contributed by atoms with Crippen molar-refractivity contribution in [3.8, 4) is 0 Å². The van der Waals surface area contributed by atoms with E-state index in [-0.39, 0.29) is 0 Å². The van der Waals surface area contributed by atoms with E-state index in [4.69, 9.17) is 10.4 Å². The van der Waals surface area contributed by atoms with Gasteiger partial charge in [0, 0.05) is 0 Å². The summed E-state index contributed by atoms with van der Waals surface area (Å²) in [6.45, 7) is 0. The van der Waals surface area contributed by atoms with Crippen molar-refractivity contribution in [1.82, 2.24) is 0 Å². The van der Waals surface area contributed by atoms with Gasteiger partial charge in [-0.1, -0.05) is 0 Å². The molecule has 0 bridgehead atoms. The molecule has 0 aliphatic heterocycles. The van der Waals surface area contributed by atoms with Crippen molar-refractivity contribution in [2.45, 2.75) is 15.6 Å². The van der Waals surface area contributed by atoms with E-state index in [0.717, 1.165) is 15.6 Å². The van der Waals surface area contributed by atoms with Crippen molar-refractivity contribution in [1.29, 1.82) is 0 Å². The first-order chi connectivity index (χ1) is 11.2. The van der Waals surface area contributed by atoms with Crippen LogP contribution in [-0.4, -0.2) is 11.9 Å². The van der Waals surface area contributed by atoms with E-state index in [9.17, 15) is 0 Å². The first-order valence-electron chi connectivity index (χ1n) is 7.92. The molecule has 0 nitrogen and oxygen atoms in total.